The number of aromatic nitrogens is 1. The van der Waals surface area contributed by atoms with E-state index in [2.05, 4.69) is 15.2 Å². The molecule has 1 aliphatic heterocycles. The minimum atomic E-state index is 0.0161. The van der Waals surface area contributed by atoms with Gasteiger partial charge in [-0.2, -0.15) is 5.10 Å². The zero-order chi connectivity index (χ0) is 18.9. The molecule has 0 radical (unpaired) electrons. The number of hydrogen-bond acceptors (Lipinski definition) is 4. The number of hydrogen-bond donors (Lipinski definition) is 1. The van der Waals surface area contributed by atoms with Crippen molar-refractivity contribution in [2.45, 2.75) is 0 Å². The van der Waals surface area contributed by atoms with E-state index in [9.17, 15) is 4.79 Å². The molecule has 2 heterocycles. The molecule has 1 fully saturated rings. The highest BCUT2D eigenvalue weighted by molar-refractivity contribution is 8.15. The Morgan fingerprint density at radius 1 is 0.964 bits per heavy atom. The lowest BCUT2D eigenvalue weighted by atomic mass is 10.1. The predicted molar refractivity (Wildman–Crippen MR) is 117 cm³/mol. The smallest absolute Gasteiger partial charge is 0.243 e. The van der Waals surface area contributed by atoms with Crippen molar-refractivity contribution in [3.05, 3.63) is 78.5 Å². The number of aromatic amines is 1. The number of para-hydroxylation sites is 1. The molecular weight excluding hydrogens is 368 g/mol. The number of benzene rings is 3. The summed E-state index contributed by atoms with van der Waals surface area (Å²) in [6, 6.07) is 22.0. The van der Waals surface area contributed by atoms with Gasteiger partial charge in [-0.1, -0.05) is 66.4 Å². The van der Waals surface area contributed by atoms with E-state index >= 15 is 0 Å². The van der Waals surface area contributed by atoms with Crippen molar-refractivity contribution in [3.63, 3.8) is 0 Å². The third-order valence-electron chi connectivity index (χ3n) is 4.73. The molecule has 0 atom stereocenters. The Labute approximate surface area is 165 Å². The van der Waals surface area contributed by atoms with E-state index in [4.69, 9.17) is 0 Å². The van der Waals surface area contributed by atoms with Crippen LogP contribution in [0.1, 0.15) is 5.56 Å². The average Bonchev–Trinajstić information content (AvgIpc) is 3.31. The summed E-state index contributed by atoms with van der Waals surface area (Å²) in [5.41, 5.74) is 2.86. The molecule has 0 bridgehead atoms. The van der Waals surface area contributed by atoms with Crippen LogP contribution in [0.25, 0.3) is 21.7 Å². The zero-order valence-corrected chi connectivity index (χ0v) is 15.7. The van der Waals surface area contributed by atoms with Crippen LogP contribution in [0.5, 0.6) is 0 Å². The molecule has 4 aromatic rings. The molecule has 6 heteroatoms. The van der Waals surface area contributed by atoms with Gasteiger partial charge in [0.15, 0.2) is 5.17 Å². The first-order valence-corrected chi connectivity index (χ1v) is 9.90. The van der Waals surface area contributed by atoms with Crippen molar-refractivity contribution in [1.82, 2.24) is 4.98 Å². The highest BCUT2D eigenvalue weighted by Crippen LogP contribution is 2.32. The maximum absolute atomic E-state index is 12.6. The van der Waals surface area contributed by atoms with Crippen molar-refractivity contribution in [2.24, 2.45) is 10.2 Å². The van der Waals surface area contributed by atoms with Crippen LogP contribution in [0.2, 0.25) is 0 Å². The van der Waals surface area contributed by atoms with Crippen LogP contribution >= 0.6 is 11.8 Å². The first kappa shape index (κ1) is 16.8. The molecule has 1 amide bonds. The van der Waals surface area contributed by atoms with Gasteiger partial charge in [0, 0.05) is 28.0 Å². The van der Waals surface area contributed by atoms with Crippen LogP contribution in [0, 0.1) is 0 Å². The largest absolute Gasteiger partial charge is 0.361 e. The fraction of sp³-hybridized carbons (Fsp3) is 0.0455. The highest BCUT2D eigenvalue weighted by Gasteiger charge is 2.30. The van der Waals surface area contributed by atoms with Crippen LogP contribution in [-0.2, 0) is 4.79 Å². The van der Waals surface area contributed by atoms with Gasteiger partial charge in [-0.05, 0) is 17.5 Å². The Balaban J connectivity index is 1.51. The first-order chi connectivity index (χ1) is 13.8. The van der Waals surface area contributed by atoms with Crippen LogP contribution in [0.4, 0.5) is 5.69 Å². The molecule has 0 aliphatic carbocycles. The molecule has 3 aromatic carbocycles. The van der Waals surface area contributed by atoms with E-state index in [1.54, 1.807) is 11.1 Å². The number of thioether (sulfide) groups is 1. The predicted octanol–water partition coefficient (Wildman–Crippen LogP) is 4.79. The Hall–Kier alpha value is -3.38. The van der Waals surface area contributed by atoms with E-state index in [0.717, 1.165) is 32.9 Å². The monoisotopic (exact) mass is 384 g/mol. The number of fused-ring (bicyclic) bond motifs is 2. The van der Waals surface area contributed by atoms with E-state index in [-0.39, 0.29) is 5.91 Å². The lowest BCUT2D eigenvalue weighted by molar-refractivity contribution is -0.115. The SMILES string of the molecule is O=C1CS/C(=N/N=C/c2c[nH]c3ccccc23)N1c1cccc2ccccc12. The molecule has 1 N–H and O–H groups in total. The molecule has 0 saturated carbocycles. The summed E-state index contributed by atoms with van der Waals surface area (Å²) in [5, 5.41) is 12.4. The van der Waals surface area contributed by atoms with Crippen LogP contribution in [-0.4, -0.2) is 28.0 Å². The molecular formula is C22H16N4OS. The molecule has 5 rings (SSSR count). The van der Waals surface area contributed by atoms with Gasteiger partial charge in [0.05, 0.1) is 17.7 Å². The molecule has 1 aromatic heterocycles. The number of anilines is 1. The Bertz CT molecular complexity index is 1250. The number of nitrogens with one attached hydrogen (secondary N) is 1. The Kier molecular flexibility index (Phi) is 4.18. The summed E-state index contributed by atoms with van der Waals surface area (Å²) in [6.07, 6.45) is 3.63. The summed E-state index contributed by atoms with van der Waals surface area (Å²) in [7, 11) is 0. The maximum atomic E-state index is 12.6. The van der Waals surface area contributed by atoms with Crippen LogP contribution in [0.15, 0.2) is 83.1 Å². The van der Waals surface area contributed by atoms with E-state index in [1.165, 1.54) is 11.8 Å². The van der Waals surface area contributed by atoms with Gasteiger partial charge in [0.2, 0.25) is 5.91 Å². The quantitative estimate of drug-likeness (QED) is 0.408. The molecule has 1 aliphatic rings. The van der Waals surface area contributed by atoms with Gasteiger partial charge in [-0.15, -0.1) is 5.10 Å². The highest BCUT2D eigenvalue weighted by atomic mass is 32.2. The van der Waals surface area contributed by atoms with Gasteiger partial charge >= 0.3 is 0 Å². The van der Waals surface area contributed by atoms with Crippen molar-refractivity contribution < 1.29 is 4.79 Å². The lowest BCUT2D eigenvalue weighted by Gasteiger charge is -2.17. The topological polar surface area (TPSA) is 60.8 Å². The van der Waals surface area contributed by atoms with Gasteiger partial charge < -0.3 is 4.98 Å². The van der Waals surface area contributed by atoms with Gasteiger partial charge in [0.1, 0.15) is 0 Å². The summed E-state index contributed by atoms with van der Waals surface area (Å²) in [4.78, 5) is 17.4. The summed E-state index contributed by atoms with van der Waals surface area (Å²) >= 11 is 1.41. The first-order valence-electron chi connectivity index (χ1n) is 8.92. The van der Waals surface area contributed by atoms with Crippen molar-refractivity contribution in [2.75, 3.05) is 10.7 Å². The van der Waals surface area contributed by atoms with E-state index in [0.29, 0.717) is 10.9 Å². The average molecular weight is 384 g/mol. The number of carbonyl (C=O) groups excluding carboxylic acids is 1. The molecule has 28 heavy (non-hydrogen) atoms. The number of amides is 1. The Morgan fingerprint density at radius 2 is 1.75 bits per heavy atom. The standard InChI is InChI=1S/C22H16N4OS/c27-21-14-28-22(25-24-13-16-12-23-19-10-4-3-8-17(16)19)26(21)20-11-5-7-15-6-1-2-9-18(15)20/h1-13,23H,14H2/b24-13+,25-22+. The van der Waals surface area contributed by atoms with Crippen LogP contribution in [0.3, 0.4) is 0 Å². The van der Waals surface area contributed by atoms with Gasteiger partial charge in [-0.3, -0.25) is 9.69 Å². The number of rotatable bonds is 3. The molecule has 5 nitrogen and oxygen atoms in total. The van der Waals surface area contributed by atoms with Gasteiger partial charge in [-0.25, -0.2) is 0 Å². The third-order valence-corrected chi connectivity index (χ3v) is 5.65. The summed E-state index contributed by atoms with van der Waals surface area (Å²) in [5.74, 6) is 0.382. The fourth-order valence-electron chi connectivity index (χ4n) is 3.42. The number of carbonyl (C=O) groups is 1. The molecule has 0 unspecified atom stereocenters. The lowest BCUT2D eigenvalue weighted by Crippen LogP contribution is -2.29. The molecule has 1 saturated heterocycles. The molecule has 136 valence electrons. The number of H-pyrrole nitrogens is 1. The zero-order valence-electron chi connectivity index (χ0n) is 14.9. The van der Waals surface area contributed by atoms with Crippen molar-refractivity contribution >= 4 is 56.4 Å². The second-order valence-corrected chi connectivity index (χ2v) is 7.38. The van der Waals surface area contributed by atoms with E-state index < -0.39 is 0 Å². The second-order valence-electron chi connectivity index (χ2n) is 6.43. The second kappa shape index (κ2) is 6.98. The van der Waals surface area contributed by atoms with E-state index in [1.807, 2.05) is 72.9 Å². The number of nitrogens with zero attached hydrogens (tertiary/aromatic N) is 3. The minimum Gasteiger partial charge on any atom is -0.361 e. The molecule has 0 spiro atoms. The third kappa shape index (κ3) is 2.88. The maximum Gasteiger partial charge on any atom is 0.243 e. The summed E-state index contributed by atoms with van der Waals surface area (Å²) in [6.45, 7) is 0. The fourth-order valence-corrected chi connectivity index (χ4v) is 4.23. The summed E-state index contributed by atoms with van der Waals surface area (Å²) < 4.78 is 0. The van der Waals surface area contributed by atoms with Gasteiger partial charge in [0.25, 0.3) is 0 Å². The Morgan fingerprint density at radius 3 is 2.68 bits per heavy atom. The minimum absolute atomic E-state index is 0.0161. The van der Waals surface area contributed by atoms with Crippen molar-refractivity contribution in [1.29, 1.82) is 0 Å². The van der Waals surface area contributed by atoms with Crippen LogP contribution < -0.4 is 4.90 Å². The normalized spacial score (nSPS) is 16.2. The number of amidine groups is 1. The van der Waals surface area contributed by atoms with Crippen molar-refractivity contribution in [3.8, 4) is 0 Å².